The third kappa shape index (κ3) is 4.29. The summed E-state index contributed by atoms with van der Waals surface area (Å²) < 4.78 is 42.6. The highest BCUT2D eigenvalue weighted by molar-refractivity contribution is 5.93. The molecule has 136 valence electrons. The Morgan fingerprint density at radius 3 is 2.77 bits per heavy atom. The van der Waals surface area contributed by atoms with Gasteiger partial charge in [-0.25, -0.2) is 4.52 Å². The second kappa shape index (κ2) is 7.03. The second-order valence-corrected chi connectivity index (χ2v) is 5.62. The predicted octanol–water partition coefficient (Wildman–Crippen LogP) is 3.16. The Balaban J connectivity index is 1.63. The summed E-state index contributed by atoms with van der Waals surface area (Å²) in [5, 5.41) is 6.93. The molecular formula is C17H15F3N4O2. The number of pyridine rings is 2. The number of fused-ring (bicyclic) bond motifs is 1. The molecule has 9 heteroatoms. The smallest absolute Gasteiger partial charge is 0.422 e. The zero-order chi connectivity index (χ0) is 18.7. The third-order valence-electron chi connectivity index (χ3n) is 3.56. The molecule has 3 rings (SSSR count). The van der Waals surface area contributed by atoms with Gasteiger partial charge in [0.25, 0.3) is 5.91 Å². The molecule has 0 aliphatic rings. The normalized spacial score (nSPS) is 12.8. The molecule has 0 bridgehead atoms. The van der Waals surface area contributed by atoms with Crippen LogP contribution in [0.3, 0.4) is 0 Å². The van der Waals surface area contributed by atoms with Crippen molar-refractivity contribution in [2.24, 2.45) is 0 Å². The van der Waals surface area contributed by atoms with Crippen LogP contribution in [-0.2, 0) is 0 Å². The summed E-state index contributed by atoms with van der Waals surface area (Å²) in [7, 11) is 0. The average molecular weight is 364 g/mol. The Bertz CT molecular complexity index is 873. The lowest BCUT2D eigenvalue weighted by molar-refractivity contribution is -0.153. The van der Waals surface area contributed by atoms with Gasteiger partial charge in [-0.2, -0.15) is 18.3 Å². The summed E-state index contributed by atoms with van der Waals surface area (Å²) in [4.78, 5) is 16.3. The molecule has 3 aromatic rings. The molecule has 0 aliphatic carbocycles. The lowest BCUT2D eigenvalue weighted by atomic mass is 10.2. The summed E-state index contributed by atoms with van der Waals surface area (Å²) in [5.41, 5.74) is 1.53. The average Bonchev–Trinajstić information content (AvgIpc) is 3.04. The van der Waals surface area contributed by atoms with Crippen molar-refractivity contribution in [3.05, 3.63) is 60.2 Å². The SMILES string of the molecule is C[C@@H](NC(=O)c1cc2ccccn2n1)c1ccc(OCC(F)(F)F)cn1. The molecule has 0 radical (unpaired) electrons. The Kier molecular flexibility index (Phi) is 4.79. The Morgan fingerprint density at radius 1 is 1.31 bits per heavy atom. The van der Waals surface area contributed by atoms with E-state index >= 15 is 0 Å². The minimum absolute atomic E-state index is 0.00459. The highest BCUT2D eigenvalue weighted by Crippen LogP contribution is 2.19. The van der Waals surface area contributed by atoms with Crippen LogP contribution in [0.25, 0.3) is 5.52 Å². The fourth-order valence-electron chi connectivity index (χ4n) is 2.29. The lowest BCUT2D eigenvalue weighted by Crippen LogP contribution is -2.27. The van der Waals surface area contributed by atoms with Crippen molar-refractivity contribution in [2.45, 2.75) is 19.1 Å². The van der Waals surface area contributed by atoms with Crippen molar-refractivity contribution in [3.8, 4) is 5.75 Å². The van der Waals surface area contributed by atoms with Gasteiger partial charge in [0.05, 0.1) is 23.4 Å². The number of amides is 1. The molecule has 0 fully saturated rings. The second-order valence-electron chi connectivity index (χ2n) is 5.62. The van der Waals surface area contributed by atoms with E-state index in [1.807, 2.05) is 12.1 Å². The zero-order valence-corrected chi connectivity index (χ0v) is 13.7. The maximum atomic E-state index is 12.3. The van der Waals surface area contributed by atoms with E-state index in [0.717, 1.165) is 5.52 Å². The molecule has 0 spiro atoms. The van der Waals surface area contributed by atoms with Gasteiger partial charge in [0.15, 0.2) is 12.3 Å². The Morgan fingerprint density at radius 2 is 2.12 bits per heavy atom. The zero-order valence-electron chi connectivity index (χ0n) is 13.7. The van der Waals surface area contributed by atoms with Crippen LogP contribution in [0.4, 0.5) is 13.2 Å². The third-order valence-corrected chi connectivity index (χ3v) is 3.56. The van der Waals surface area contributed by atoms with E-state index in [-0.39, 0.29) is 17.4 Å². The molecule has 0 aliphatic heterocycles. The molecule has 1 atom stereocenters. The number of halogens is 3. The van der Waals surface area contributed by atoms with Crippen molar-refractivity contribution < 1.29 is 22.7 Å². The standard InChI is InChI=1S/C17H15F3N4O2/c1-11(14-6-5-13(9-21-14)26-10-17(18,19)20)22-16(25)15-8-12-4-2-3-7-24(12)23-15/h2-9,11H,10H2,1H3,(H,22,25)/t11-/m1/s1. The molecule has 3 heterocycles. The molecule has 6 nitrogen and oxygen atoms in total. The van der Waals surface area contributed by atoms with Crippen molar-refractivity contribution in [2.75, 3.05) is 6.61 Å². The molecule has 1 N–H and O–H groups in total. The Hall–Kier alpha value is -3.10. The van der Waals surface area contributed by atoms with Gasteiger partial charge in [-0.05, 0) is 37.3 Å². The van der Waals surface area contributed by atoms with Crippen molar-refractivity contribution in [1.29, 1.82) is 0 Å². The summed E-state index contributed by atoms with van der Waals surface area (Å²) in [6.45, 7) is 0.334. The summed E-state index contributed by atoms with van der Waals surface area (Å²) in [5.74, 6) is -0.370. The minimum Gasteiger partial charge on any atom is -0.483 e. The van der Waals surface area contributed by atoms with Crippen LogP contribution in [0.1, 0.15) is 29.1 Å². The number of hydrogen-bond acceptors (Lipinski definition) is 4. The fraction of sp³-hybridized carbons (Fsp3) is 0.235. The first-order valence-electron chi connectivity index (χ1n) is 7.72. The van der Waals surface area contributed by atoms with Gasteiger partial charge < -0.3 is 10.1 Å². The molecule has 1 amide bonds. The van der Waals surface area contributed by atoms with E-state index in [2.05, 4.69) is 20.1 Å². The summed E-state index contributed by atoms with van der Waals surface area (Å²) in [6.07, 6.45) is -1.49. The van der Waals surface area contributed by atoms with Crippen LogP contribution in [0.15, 0.2) is 48.8 Å². The van der Waals surface area contributed by atoms with Gasteiger partial charge in [-0.3, -0.25) is 9.78 Å². The number of alkyl halides is 3. The van der Waals surface area contributed by atoms with E-state index in [9.17, 15) is 18.0 Å². The van der Waals surface area contributed by atoms with Gasteiger partial charge in [-0.1, -0.05) is 6.07 Å². The van der Waals surface area contributed by atoms with E-state index in [4.69, 9.17) is 0 Å². The topological polar surface area (TPSA) is 68.5 Å². The van der Waals surface area contributed by atoms with Gasteiger partial charge in [-0.15, -0.1) is 0 Å². The summed E-state index contributed by atoms with van der Waals surface area (Å²) in [6, 6.07) is 9.55. The molecule has 0 saturated heterocycles. The molecule has 0 saturated carbocycles. The van der Waals surface area contributed by atoms with Gasteiger partial charge >= 0.3 is 6.18 Å². The van der Waals surface area contributed by atoms with E-state index in [0.29, 0.717) is 5.69 Å². The number of hydrogen-bond donors (Lipinski definition) is 1. The van der Waals surface area contributed by atoms with Crippen molar-refractivity contribution in [3.63, 3.8) is 0 Å². The maximum absolute atomic E-state index is 12.3. The number of nitrogens with zero attached hydrogens (tertiary/aromatic N) is 3. The number of carbonyl (C=O) groups is 1. The molecular weight excluding hydrogens is 349 g/mol. The number of rotatable bonds is 5. The van der Waals surface area contributed by atoms with Crippen molar-refractivity contribution >= 4 is 11.4 Å². The molecule has 0 aromatic carbocycles. The minimum atomic E-state index is -4.41. The van der Waals surface area contributed by atoms with Crippen LogP contribution >= 0.6 is 0 Å². The monoisotopic (exact) mass is 364 g/mol. The highest BCUT2D eigenvalue weighted by Gasteiger charge is 2.28. The van der Waals surface area contributed by atoms with Gasteiger partial charge in [0.2, 0.25) is 0 Å². The summed E-state index contributed by atoms with van der Waals surface area (Å²) >= 11 is 0. The quantitative estimate of drug-likeness (QED) is 0.755. The lowest BCUT2D eigenvalue weighted by Gasteiger charge is -2.13. The van der Waals surface area contributed by atoms with E-state index < -0.39 is 18.8 Å². The predicted molar refractivity (Wildman–Crippen MR) is 86.9 cm³/mol. The van der Waals surface area contributed by atoms with Crippen LogP contribution in [0.5, 0.6) is 5.75 Å². The highest BCUT2D eigenvalue weighted by atomic mass is 19.4. The molecule has 0 unspecified atom stereocenters. The fourth-order valence-corrected chi connectivity index (χ4v) is 2.29. The molecule has 3 aromatic heterocycles. The van der Waals surface area contributed by atoms with Crippen LogP contribution in [-0.4, -0.2) is 33.3 Å². The number of ether oxygens (including phenoxy) is 1. The van der Waals surface area contributed by atoms with Crippen LogP contribution in [0, 0.1) is 0 Å². The number of carbonyl (C=O) groups excluding carboxylic acids is 1. The maximum Gasteiger partial charge on any atom is 0.422 e. The van der Waals surface area contributed by atoms with E-state index in [1.165, 1.54) is 18.3 Å². The van der Waals surface area contributed by atoms with Crippen LogP contribution in [0.2, 0.25) is 0 Å². The van der Waals surface area contributed by atoms with Gasteiger partial charge in [0, 0.05) is 6.20 Å². The van der Waals surface area contributed by atoms with E-state index in [1.54, 1.807) is 29.8 Å². The van der Waals surface area contributed by atoms with Gasteiger partial charge in [0.1, 0.15) is 5.75 Å². The first-order valence-corrected chi connectivity index (χ1v) is 7.72. The van der Waals surface area contributed by atoms with Crippen LogP contribution < -0.4 is 10.1 Å². The molecule has 26 heavy (non-hydrogen) atoms. The first-order chi connectivity index (χ1) is 12.3. The first kappa shape index (κ1) is 17.7. The number of aromatic nitrogens is 3. The number of nitrogens with one attached hydrogen (secondary N) is 1. The largest absolute Gasteiger partial charge is 0.483 e. The van der Waals surface area contributed by atoms with Crippen molar-refractivity contribution in [1.82, 2.24) is 19.9 Å². The Labute approximate surface area is 146 Å².